The number of hydrogen-bond donors (Lipinski definition) is 1. The number of anilines is 1. The SMILES string of the molecule is CN(C)CC1CCCN1S(=O)(=O)c1cnccc1N. The maximum atomic E-state index is 12.6. The molecule has 0 aromatic carbocycles. The summed E-state index contributed by atoms with van der Waals surface area (Å²) in [6.07, 6.45) is 4.60. The number of hydrogen-bond acceptors (Lipinski definition) is 5. The van der Waals surface area contributed by atoms with Crippen molar-refractivity contribution in [3.05, 3.63) is 18.5 Å². The summed E-state index contributed by atoms with van der Waals surface area (Å²) in [6.45, 7) is 1.27. The zero-order chi connectivity index (χ0) is 14.0. The van der Waals surface area contributed by atoms with Crippen LogP contribution in [-0.4, -0.2) is 55.8 Å². The predicted molar refractivity (Wildman–Crippen MR) is 74.1 cm³/mol. The highest BCUT2D eigenvalue weighted by Gasteiger charge is 2.36. The second-order valence-corrected chi connectivity index (χ2v) is 6.95. The Balaban J connectivity index is 2.32. The lowest BCUT2D eigenvalue weighted by Gasteiger charge is -2.26. The van der Waals surface area contributed by atoms with Crippen LogP contribution in [0.5, 0.6) is 0 Å². The van der Waals surface area contributed by atoms with E-state index in [0.29, 0.717) is 6.54 Å². The topological polar surface area (TPSA) is 79.5 Å². The minimum Gasteiger partial charge on any atom is -0.398 e. The van der Waals surface area contributed by atoms with Crippen molar-refractivity contribution in [3.63, 3.8) is 0 Å². The van der Waals surface area contributed by atoms with Gasteiger partial charge < -0.3 is 10.6 Å². The molecule has 0 amide bonds. The average molecular weight is 284 g/mol. The molecule has 19 heavy (non-hydrogen) atoms. The average Bonchev–Trinajstić information content (AvgIpc) is 2.77. The third-order valence-electron chi connectivity index (χ3n) is 3.30. The van der Waals surface area contributed by atoms with Gasteiger partial charge in [0.05, 0.1) is 5.69 Å². The number of nitrogen functional groups attached to an aromatic ring is 1. The van der Waals surface area contributed by atoms with Crippen molar-refractivity contribution in [2.24, 2.45) is 0 Å². The van der Waals surface area contributed by atoms with Crippen molar-refractivity contribution in [3.8, 4) is 0 Å². The van der Waals surface area contributed by atoms with Gasteiger partial charge in [-0.15, -0.1) is 0 Å². The Morgan fingerprint density at radius 1 is 1.53 bits per heavy atom. The highest BCUT2D eigenvalue weighted by molar-refractivity contribution is 7.89. The molecule has 7 heteroatoms. The number of likely N-dealkylation sites (N-methyl/N-ethyl adjacent to an activating group) is 1. The van der Waals surface area contributed by atoms with Gasteiger partial charge >= 0.3 is 0 Å². The zero-order valence-electron chi connectivity index (χ0n) is 11.3. The third-order valence-corrected chi connectivity index (χ3v) is 5.30. The molecule has 1 unspecified atom stereocenters. The Hall–Kier alpha value is -1.18. The minimum atomic E-state index is -3.54. The molecule has 0 spiro atoms. The lowest BCUT2D eigenvalue weighted by molar-refractivity contribution is 0.291. The number of pyridine rings is 1. The lowest BCUT2D eigenvalue weighted by atomic mass is 10.2. The Morgan fingerprint density at radius 3 is 2.89 bits per heavy atom. The molecular weight excluding hydrogens is 264 g/mol. The fourth-order valence-electron chi connectivity index (χ4n) is 2.46. The van der Waals surface area contributed by atoms with Crippen LogP contribution in [0, 0.1) is 0 Å². The molecule has 6 nitrogen and oxygen atoms in total. The van der Waals surface area contributed by atoms with E-state index in [2.05, 4.69) is 4.98 Å². The van der Waals surface area contributed by atoms with Crippen molar-refractivity contribution in [2.75, 3.05) is 32.9 Å². The molecule has 1 aromatic heterocycles. The van der Waals surface area contributed by atoms with E-state index in [9.17, 15) is 8.42 Å². The van der Waals surface area contributed by atoms with Gasteiger partial charge in [-0.25, -0.2) is 8.42 Å². The van der Waals surface area contributed by atoms with E-state index in [1.165, 1.54) is 18.5 Å². The van der Waals surface area contributed by atoms with Crippen LogP contribution in [0.1, 0.15) is 12.8 Å². The summed E-state index contributed by atoms with van der Waals surface area (Å²) < 4.78 is 26.8. The van der Waals surface area contributed by atoms with Crippen LogP contribution in [-0.2, 0) is 10.0 Å². The molecule has 1 aromatic rings. The molecule has 2 heterocycles. The summed E-state index contributed by atoms with van der Waals surface area (Å²) >= 11 is 0. The van der Waals surface area contributed by atoms with Crippen molar-refractivity contribution in [1.29, 1.82) is 0 Å². The fraction of sp³-hybridized carbons (Fsp3) is 0.583. The second-order valence-electron chi connectivity index (χ2n) is 5.09. The number of nitrogens with zero attached hydrogens (tertiary/aromatic N) is 3. The van der Waals surface area contributed by atoms with Crippen LogP contribution in [0.15, 0.2) is 23.4 Å². The molecule has 0 bridgehead atoms. The van der Waals surface area contributed by atoms with Crippen molar-refractivity contribution in [1.82, 2.24) is 14.2 Å². The summed E-state index contributed by atoms with van der Waals surface area (Å²) in [5.74, 6) is 0. The Labute approximate surface area is 114 Å². The molecule has 2 rings (SSSR count). The first kappa shape index (κ1) is 14.2. The molecule has 1 atom stereocenters. The summed E-state index contributed by atoms with van der Waals surface area (Å²) in [6, 6.07) is 1.53. The predicted octanol–water partition coefficient (Wildman–Crippen LogP) is 0.378. The van der Waals surface area contributed by atoms with Crippen LogP contribution >= 0.6 is 0 Å². The molecule has 106 valence electrons. The van der Waals surface area contributed by atoms with E-state index in [-0.39, 0.29) is 16.6 Å². The summed E-state index contributed by atoms with van der Waals surface area (Å²) in [7, 11) is 0.347. The summed E-state index contributed by atoms with van der Waals surface area (Å²) in [5.41, 5.74) is 6.02. The minimum absolute atomic E-state index is 0.0135. The Kier molecular flexibility index (Phi) is 4.07. The van der Waals surface area contributed by atoms with E-state index in [0.717, 1.165) is 19.4 Å². The molecule has 2 N–H and O–H groups in total. The van der Waals surface area contributed by atoms with Gasteiger partial charge in [0.15, 0.2) is 0 Å². The first-order valence-corrected chi connectivity index (χ1v) is 7.73. The van der Waals surface area contributed by atoms with Crippen LogP contribution in [0.2, 0.25) is 0 Å². The van der Waals surface area contributed by atoms with Crippen molar-refractivity contribution in [2.45, 2.75) is 23.8 Å². The van der Waals surface area contributed by atoms with Gasteiger partial charge in [-0.1, -0.05) is 0 Å². The second kappa shape index (κ2) is 5.44. The van der Waals surface area contributed by atoms with Gasteiger partial charge in [0, 0.05) is 31.5 Å². The quantitative estimate of drug-likeness (QED) is 0.864. The lowest BCUT2D eigenvalue weighted by Crippen LogP contribution is -2.41. The molecule has 0 aliphatic carbocycles. The highest BCUT2D eigenvalue weighted by atomic mass is 32.2. The van der Waals surface area contributed by atoms with Gasteiger partial charge in [-0.3, -0.25) is 4.98 Å². The Bertz CT molecular complexity index is 544. The summed E-state index contributed by atoms with van der Waals surface area (Å²) in [4.78, 5) is 5.99. The maximum Gasteiger partial charge on any atom is 0.246 e. The van der Waals surface area contributed by atoms with Crippen LogP contribution < -0.4 is 5.73 Å². The Morgan fingerprint density at radius 2 is 2.26 bits per heavy atom. The standard InChI is InChI=1S/C12H20N4O2S/c1-15(2)9-10-4-3-7-16(10)19(17,18)12-8-14-6-5-11(12)13/h5-6,8,10H,3-4,7,9H2,1-2H3,(H2,13,14). The summed E-state index contributed by atoms with van der Waals surface area (Å²) in [5, 5.41) is 0. The molecule has 0 saturated carbocycles. The highest BCUT2D eigenvalue weighted by Crippen LogP contribution is 2.28. The molecule has 0 radical (unpaired) electrons. The van der Waals surface area contributed by atoms with E-state index in [1.807, 2.05) is 19.0 Å². The maximum absolute atomic E-state index is 12.6. The van der Waals surface area contributed by atoms with Gasteiger partial charge in [-0.2, -0.15) is 4.31 Å². The van der Waals surface area contributed by atoms with Crippen molar-refractivity contribution >= 4 is 15.7 Å². The van der Waals surface area contributed by atoms with Gasteiger partial charge in [0.1, 0.15) is 4.90 Å². The third kappa shape index (κ3) is 2.88. The zero-order valence-corrected chi connectivity index (χ0v) is 12.1. The molecular formula is C12H20N4O2S. The van der Waals surface area contributed by atoms with Crippen LogP contribution in [0.3, 0.4) is 0 Å². The van der Waals surface area contributed by atoms with Gasteiger partial charge in [0.25, 0.3) is 0 Å². The monoisotopic (exact) mass is 284 g/mol. The fourth-order valence-corrected chi connectivity index (χ4v) is 4.21. The van der Waals surface area contributed by atoms with E-state index < -0.39 is 10.0 Å². The molecule has 1 aliphatic heterocycles. The van der Waals surface area contributed by atoms with Crippen LogP contribution in [0.4, 0.5) is 5.69 Å². The first-order valence-electron chi connectivity index (χ1n) is 6.29. The van der Waals surface area contributed by atoms with E-state index in [1.54, 1.807) is 4.31 Å². The van der Waals surface area contributed by atoms with Gasteiger partial charge in [0.2, 0.25) is 10.0 Å². The van der Waals surface area contributed by atoms with Gasteiger partial charge in [-0.05, 0) is 33.0 Å². The number of sulfonamides is 1. The number of aromatic nitrogens is 1. The van der Waals surface area contributed by atoms with Crippen molar-refractivity contribution < 1.29 is 8.42 Å². The normalized spacial score (nSPS) is 21.1. The smallest absolute Gasteiger partial charge is 0.246 e. The van der Waals surface area contributed by atoms with E-state index >= 15 is 0 Å². The van der Waals surface area contributed by atoms with Crippen LogP contribution in [0.25, 0.3) is 0 Å². The molecule has 1 fully saturated rings. The molecule has 1 aliphatic rings. The molecule has 1 saturated heterocycles. The number of rotatable bonds is 4. The first-order chi connectivity index (χ1) is 8.93. The number of nitrogens with two attached hydrogens (primary N) is 1. The van der Waals surface area contributed by atoms with E-state index in [4.69, 9.17) is 5.73 Å². The largest absolute Gasteiger partial charge is 0.398 e.